The van der Waals surface area contributed by atoms with E-state index in [9.17, 15) is 14.5 Å². The maximum absolute atomic E-state index is 12.9. The number of ether oxygens (including phenoxy) is 1. The molecule has 0 fully saturated rings. The Kier molecular flexibility index (Phi) is 3.70. The van der Waals surface area contributed by atoms with Crippen LogP contribution in [0.3, 0.4) is 0 Å². The van der Waals surface area contributed by atoms with Crippen LogP contribution in [0, 0.1) is 16.1 Å². The van der Waals surface area contributed by atoms with E-state index >= 15 is 0 Å². The fourth-order valence-corrected chi connectivity index (χ4v) is 1.59. The van der Waals surface area contributed by atoms with E-state index < -0.39 is 10.9 Å². The maximum atomic E-state index is 12.9. The van der Waals surface area contributed by atoms with Crippen molar-refractivity contribution in [1.29, 1.82) is 0 Å². The minimum Gasteiger partial charge on any atom is -0.450 e. The molecule has 0 spiro atoms. The Morgan fingerprint density at radius 1 is 1.37 bits per heavy atom. The number of aryl methyl sites for hydroxylation is 1. The average Bonchev–Trinajstić information content (AvgIpc) is 2.39. The van der Waals surface area contributed by atoms with Gasteiger partial charge in [0.25, 0.3) is 0 Å². The molecule has 1 aromatic carbocycles. The number of nitrogens with zero attached hydrogens (tertiary/aromatic N) is 2. The molecule has 0 bridgehead atoms. The molecule has 0 N–H and O–H groups in total. The molecule has 6 heteroatoms. The molecule has 1 aromatic heterocycles. The van der Waals surface area contributed by atoms with Gasteiger partial charge in [-0.2, -0.15) is 4.39 Å². The zero-order chi connectivity index (χ0) is 13.8. The van der Waals surface area contributed by atoms with Crippen LogP contribution in [0.25, 0.3) is 0 Å². The highest BCUT2D eigenvalue weighted by Crippen LogP contribution is 2.32. The lowest BCUT2D eigenvalue weighted by Gasteiger charge is -2.07. The third-order valence-electron chi connectivity index (χ3n) is 2.55. The van der Waals surface area contributed by atoms with Crippen LogP contribution in [0.5, 0.6) is 11.5 Å². The van der Waals surface area contributed by atoms with Crippen LogP contribution in [-0.4, -0.2) is 9.91 Å². The molecule has 19 heavy (non-hydrogen) atoms. The molecule has 0 aliphatic carbocycles. The van der Waals surface area contributed by atoms with E-state index in [1.165, 1.54) is 24.4 Å². The van der Waals surface area contributed by atoms with Gasteiger partial charge in [-0.05, 0) is 24.1 Å². The van der Waals surface area contributed by atoms with E-state index in [4.69, 9.17) is 4.74 Å². The molecule has 0 radical (unpaired) electrons. The molecular formula is C13H11FN2O3. The van der Waals surface area contributed by atoms with Gasteiger partial charge < -0.3 is 4.74 Å². The quantitative estimate of drug-likeness (QED) is 0.480. The minimum absolute atomic E-state index is 0.0767. The summed E-state index contributed by atoms with van der Waals surface area (Å²) in [5, 5.41) is 11.0. The van der Waals surface area contributed by atoms with E-state index in [-0.39, 0.29) is 17.2 Å². The van der Waals surface area contributed by atoms with Crippen molar-refractivity contribution in [2.75, 3.05) is 0 Å². The lowest BCUT2D eigenvalue weighted by Crippen LogP contribution is -1.95. The predicted molar refractivity (Wildman–Crippen MR) is 66.7 cm³/mol. The number of rotatable bonds is 4. The highest BCUT2D eigenvalue weighted by Gasteiger charge is 2.16. The third-order valence-corrected chi connectivity index (χ3v) is 2.55. The van der Waals surface area contributed by atoms with Gasteiger partial charge in [-0.25, -0.2) is 4.98 Å². The largest absolute Gasteiger partial charge is 0.450 e. The molecule has 0 amide bonds. The van der Waals surface area contributed by atoms with Crippen LogP contribution in [0.4, 0.5) is 10.1 Å². The number of aromatic nitrogens is 1. The van der Waals surface area contributed by atoms with E-state index in [0.717, 1.165) is 11.6 Å². The summed E-state index contributed by atoms with van der Waals surface area (Å²) in [6.07, 6.45) is 1.92. The second-order valence-electron chi connectivity index (χ2n) is 3.83. The summed E-state index contributed by atoms with van der Waals surface area (Å²) < 4.78 is 18.3. The second-order valence-corrected chi connectivity index (χ2v) is 3.83. The first kappa shape index (κ1) is 12.9. The van der Waals surface area contributed by atoms with Gasteiger partial charge in [0.15, 0.2) is 0 Å². The highest BCUT2D eigenvalue weighted by atomic mass is 19.1. The summed E-state index contributed by atoms with van der Waals surface area (Å²) in [7, 11) is 0. The first-order valence-corrected chi connectivity index (χ1v) is 5.67. The number of nitro benzene ring substituents is 1. The van der Waals surface area contributed by atoms with Crippen molar-refractivity contribution in [2.45, 2.75) is 13.3 Å². The zero-order valence-electron chi connectivity index (χ0n) is 10.2. The highest BCUT2D eigenvalue weighted by molar-refractivity contribution is 5.50. The Hall–Kier alpha value is -2.50. The number of nitro groups is 1. The average molecular weight is 262 g/mol. The normalized spacial score (nSPS) is 10.2. The third kappa shape index (κ3) is 3.04. The van der Waals surface area contributed by atoms with Crippen molar-refractivity contribution in [2.24, 2.45) is 0 Å². The fraction of sp³-hybridized carbons (Fsp3) is 0.154. The number of hydrogen-bond donors (Lipinski definition) is 0. The van der Waals surface area contributed by atoms with E-state index in [1.807, 2.05) is 6.92 Å². The van der Waals surface area contributed by atoms with Crippen LogP contribution < -0.4 is 4.74 Å². The number of benzene rings is 1. The SMILES string of the molecule is CCc1ccc(Oc2ccnc(F)c2)c([N+](=O)[O-])c1. The molecule has 0 atom stereocenters. The lowest BCUT2D eigenvalue weighted by molar-refractivity contribution is -0.385. The van der Waals surface area contributed by atoms with E-state index in [1.54, 1.807) is 6.07 Å². The molecule has 2 rings (SSSR count). The van der Waals surface area contributed by atoms with Gasteiger partial charge in [-0.1, -0.05) is 13.0 Å². The van der Waals surface area contributed by atoms with Crippen LogP contribution in [0.1, 0.15) is 12.5 Å². The fourth-order valence-electron chi connectivity index (χ4n) is 1.59. The topological polar surface area (TPSA) is 65.3 Å². The van der Waals surface area contributed by atoms with Gasteiger partial charge in [0.05, 0.1) is 4.92 Å². The first-order chi connectivity index (χ1) is 9.10. The smallest absolute Gasteiger partial charge is 0.311 e. The Bertz CT molecular complexity index is 617. The van der Waals surface area contributed by atoms with Crippen molar-refractivity contribution < 1.29 is 14.1 Å². The number of pyridine rings is 1. The van der Waals surface area contributed by atoms with Crippen molar-refractivity contribution in [3.8, 4) is 11.5 Å². The molecule has 0 saturated carbocycles. The Morgan fingerprint density at radius 3 is 2.79 bits per heavy atom. The Labute approximate surface area is 108 Å². The minimum atomic E-state index is -0.703. The molecule has 0 unspecified atom stereocenters. The van der Waals surface area contributed by atoms with Crippen molar-refractivity contribution in [3.05, 3.63) is 58.2 Å². The Morgan fingerprint density at radius 2 is 2.16 bits per heavy atom. The Balaban J connectivity index is 2.36. The van der Waals surface area contributed by atoms with E-state index in [2.05, 4.69) is 4.98 Å². The summed E-state index contributed by atoms with van der Waals surface area (Å²) in [5.41, 5.74) is 0.691. The number of halogens is 1. The predicted octanol–water partition coefficient (Wildman–Crippen LogP) is 3.48. The molecule has 0 aliphatic rings. The first-order valence-electron chi connectivity index (χ1n) is 5.67. The summed E-state index contributed by atoms with van der Waals surface area (Å²) >= 11 is 0. The van der Waals surface area contributed by atoms with Gasteiger partial charge >= 0.3 is 5.69 Å². The summed E-state index contributed by atoms with van der Waals surface area (Å²) in [6.45, 7) is 1.90. The molecule has 1 heterocycles. The van der Waals surface area contributed by atoms with Gasteiger partial charge in [0.1, 0.15) is 5.75 Å². The molecular weight excluding hydrogens is 251 g/mol. The molecule has 0 aliphatic heterocycles. The van der Waals surface area contributed by atoms with Crippen LogP contribution in [0.15, 0.2) is 36.5 Å². The van der Waals surface area contributed by atoms with Crippen molar-refractivity contribution >= 4 is 5.69 Å². The summed E-state index contributed by atoms with van der Waals surface area (Å²) in [6, 6.07) is 7.19. The molecule has 98 valence electrons. The summed E-state index contributed by atoms with van der Waals surface area (Å²) in [4.78, 5) is 13.9. The van der Waals surface area contributed by atoms with Gasteiger partial charge in [0.2, 0.25) is 11.7 Å². The van der Waals surface area contributed by atoms with Gasteiger partial charge in [-0.3, -0.25) is 10.1 Å². The van der Waals surface area contributed by atoms with Crippen molar-refractivity contribution in [1.82, 2.24) is 4.98 Å². The van der Waals surface area contributed by atoms with Crippen LogP contribution in [-0.2, 0) is 6.42 Å². The second kappa shape index (κ2) is 5.43. The lowest BCUT2D eigenvalue weighted by atomic mass is 10.1. The van der Waals surface area contributed by atoms with Gasteiger partial charge in [-0.15, -0.1) is 0 Å². The number of hydrogen-bond acceptors (Lipinski definition) is 4. The van der Waals surface area contributed by atoms with Crippen molar-refractivity contribution in [3.63, 3.8) is 0 Å². The monoisotopic (exact) mass is 262 g/mol. The summed E-state index contributed by atoms with van der Waals surface area (Å²) in [5.74, 6) is -0.460. The standard InChI is InChI=1S/C13H11FN2O3/c1-2-9-3-4-12(11(7-9)16(17)18)19-10-5-6-15-13(14)8-10/h3-8H,2H2,1H3. The molecule has 5 nitrogen and oxygen atoms in total. The molecule has 2 aromatic rings. The zero-order valence-corrected chi connectivity index (χ0v) is 10.2. The van der Waals surface area contributed by atoms with Crippen LogP contribution >= 0.6 is 0 Å². The van der Waals surface area contributed by atoms with Gasteiger partial charge in [0, 0.05) is 18.3 Å². The maximum Gasteiger partial charge on any atom is 0.311 e. The van der Waals surface area contributed by atoms with E-state index in [0.29, 0.717) is 6.42 Å². The van der Waals surface area contributed by atoms with Crippen LogP contribution in [0.2, 0.25) is 0 Å². The molecule has 0 saturated heterocycles.